The Morgan fingerprint density at radius 2 is 1.88 bits per heavy atom. The van der Waals surface area contributed by atoms with E-state index in [1.54, 1.807) is 24.4 Å². The Hall–Kier alpha value is -2.84. The molecule has 0 aliphatic rings. The predicted octanol–water partition coefficient (Wildman–Crippen LogP) is 3.22. The maximum absolute atomic E-state index is 10.9. The maximum atomic E-state index is 10.9. The zero-order valence-corrected chi connectivity index (χ0v) is 13.3. The van der Waals surface area contributed by atoms with Crippen LogP contribution in [0.4, 0.5) is 13.2 Å². The van der Waals surface area contributed by atoms with Crippen LogP contribution < -0.4 is 0 Å². The summed E-state index contributed by atoms with van der Waals surface area (Å²) in [5.41, 5.74) is 1.30. The van der Waals surface area contributed by atoms with Gasteiger partial charge in [0.1, 0.15) is 5.82 Å². The number of carboxylic acid groups (broad SMARTS) is 2. The van der Waals surface area contributed by atoms with Crippen LogP contribution in [-0.2, 0) is 17.8 Å². The third-order valence-electron chi connectivity index (χ3n) is 3.04. The summed E-state index contributed by atoms with van der Waals surface area (Å²) in [6, 6.07) is 7.02. The van der Waals surface area contributed by atoms with E-state index in [2.05, 4.69) is 16.5 Å². The molecule has 9 heteroatoms. The highest BCUT2D eigenvalue weighted by Crippen LogP contribution is 2.13. The number of hydrogen-bond acceptors (Lipinski definition) is 3. The number of alkyl halides is 3. The van der Waals surface area contributed by atoms with E-state index in [4.69, 9.17) is 15.0 Å². The lowest BCUT2D eigenvalue weighted by Crippen LogP contribution is -2.21. The first kappa shape index (κ1) is 20.2. The van der Waals surface area contributed by atoms with E-state index in [0.717, 1.165) is 24.2 Å². The van der Waals surface area contributed by atoms with Gasteiger partial charge in [-0.3, -0.25) is 0 Å². The molecule has 1 heterocycles. The molecule has 2 N–H and O–H groups in total. The molecule has 0 radical (unpaired) electrons. The summed E-state index contributed by atoms with van der Waals surface area (Å²) in [5, 5.41) is 16.1. The van der Waals surface area contributed by atoms with Crippen molar-refractivity contribution in [1.82, 2.24) is 9.55 Å². The van der Waals surface area contributed by atoms with Crippen LogP contribution in [0.2, 0.25) is 0 Å². The lowest BCUT2D eigenvalue weighted by Gasteiger charge is -2.07. The molecular weight excluding hydrogens is 341 g/mol. The smallest absolute Gasteiger partial charge is 0.478 e. The molecule has 2 rings (SSSR count). The van der Waals surface area contributed by atoms with Crippen molar-refractivity contribution < 1.29 is 33.0 Å². The van der Waals surface area contributed by atoms with Crippen molar-refractivity contribution in [1.29, 1.82) is 0 Å². The number of aryl methyl sites for hydroxylation is 1. The molecule has 0 amide bonds. The van der Waals surface area contributed by atoms with E-state index in [0.29, 0.717) is 12.1 Å². The highest BCUT2D eigenvalue weighted by molar-refractivity contribution is 5.87. The van der Waals surface area contributed by atoms with Gasteiger partial charge in [0.05, 0.1) is 5.56 Å². The number of halogens is 3. The van der Waals surface area contributed by atoms with Gasteiger partial charge in [-0.05, 0) is 24.1 Å². The molecule has 25 heavy (non-hydrogen) atoms. The molecule has 1 aromatic heterocycles. The van der Waals surface area contributed by atoms with Crippen LogP contribution in [-0.4, -0.2) is 37.9 Å². The monoisotopic (exact) mass is 358 g/mol. The molecule has 0 atom stereocenters. The van der Waals surface area contributed by atoms with E-state index in [1.165, 1.54) is 0 Å². The zero-order valence-electron chi connectivity index (χ0n) is 13.3. The third kappa shape index (κ3) is 6.66. The molecule has 136 valence electrons. The summed E-state index contributed by atoms with van der Waals surface area (Å²) in [5.74, 6) is -2.61. The summed E-state index contributed by atoms with van der Waals surface area (Å²) >= 11 is 0. The second-order valence-corrected chi connectivity index (χ2v) is 5.03. The predicted molar refractivity (Wildman–Crippen MR) is 82.4 cm³/mol. The molecule has 1 aromatic carbocycles. The van der Waals surface area contributed by atoms with Crippen molar-refractivity contribution in [3.8, 4) is 0 Å². The summed E-state index contributed by atoms with van der Waals surface area (Å²) in [6.45, 7) is 2.78. The SMILES string of the molecule is CCCc1nccn1Cc1cccc(C(=O)O)c1.O=C(O)C(F)(F)F. The number of aliphatic carboxylic acids is 1. The number of imidazole rings is 1. The second-order valence-electron chi connectivity index (χ2n) is 5.03. The van der Waals surface area contributed by atoms with Crippen molar-refractivity contribution in [2.75, 3.05) is 0 Å². The largest absolute Gasteiger partial charge is 0.490 e. The van der Waals surface area contributed by atoms with Gasteiger partial charge in [0.2, 0.25) is 0 Å². The lowest BCUT2D eigenvalue weighted by molar-refractivity contribution is -0.192. The first-order valence-electron chi connectivity index (χ1n) is 7.27. The Kier molecular flexibility index (Phi) is 7.16. The van der Waals surface area contributed by atoms with Crippen molar-refractivity contribution in [2.24, 2.45) is 0 Å². The van der Waals surface area contributed by atoms with Gasteiger partial charge in [-0.1, -0.05) is 19.1 Å². The highest BCUT2D eigenvalue weighted by Gasteiger charge is 2.38. The number of benzene rings is 1. The van der Waals surface area contributed by atoms with Gasteiger partial charge in [-0.2, -0.15) is 13.2 Å². The third-order valence-corrected chi connectivity index (χ3v) is 3.04. The van der Waals surface area contributed by atoms with Crippen molar-refractivity contribution in [3.05, 3.63) is 53.6 Å². The average Bonchev–Trinajstić information content (AvgIpc) is 2.95. The van der Waals surface area contributed by atoms with Crippen LogP contribution in [0.3, 0.4) is 0 Å². The van der Waals surface area contributed by atoms with Gasteiger partial charge in [-0.25, -0.2) is 14.6 Å². The Balaban J connectivity index is 0.000000381. The number of hydrogen-bond donors (Lipinski definition) is 2. The molecule has 0 bridgehead atoms. The van der Waals surface area contributed by atoms with Crippen LogP contribution >= 0.6 is 0 Å². The molecule has 0 saturated heterocycles. The van der Waals surface area contributed by atoms with Gasteiger partial charge < -0.3 is 14.8 Å². The van der Waals surface area contributed by atoms with Crippen LogP contribution in [0, 0.1) is 0 Å². The fourth-order valence-electron chi connectivity index (χ4n) is 1.94. The lowest BCUT2D eigenvalue weighted by atomic mass is 10.1. The van der Waals surface area contributed by atoms with E-state index in [9.17, 15) is 18.0 Å². The van der Waals surface area contributed by atoms with Crippen molar-refractivity contribution >= 4 is 11.9 Å². The second kappa shape index (κ2) is 8.86. The number of aromatic nitrogens is 2. The van der Waals surface area contributed by atoms with Gasteiger partial charge in [0.15, 0.2) is 0 Å². The van der Waals surface area contributed by atoms with E-state index < -0.39 is 18.1 Å². The van der Waals surface area contributed by atoms with Crippen LogP contribution in [0.5, 0.6) is 0 Å². The van der Waals surface area contributed by atoms with E-state index in [1.807, 2.05) is 12.3 Å². The minimum Gasteiger partial charge on any atom is -0.478 e. The molecule has 0 saturated carbocycles. The fraction of sp³-hybridized carbons (Fsp3) is 0.312. The Morgan fingerprint density at radius 3 is 2.40 bits per heavy atom. The van der Waals surface area contributed by atoms with Gasteiger partial charge in [0, 0.05) is 25.4 Å². The molecule has 0 aliphatic heterocycles. The van der Waals surface area contributed by atoms with Crippen LogP contribution in [0.25, 0.3) is 0 Å². The Morgan fingerprint density at radius 1 is 1.24 bits per heavy atom. The summed E-state index contributed by atoms with van der Waals surface area (Å²) < 4.78 is 33.8. The molecule has 0 aliphatic carbocycles. The highest BCUT2D eigenvalue weighted by atomic mass is 19.4. The summed E-state index contributed by atoms with van der Waals surface area (Å²) in [7, 11) is 0. The Bertz CT molecular complexity index is 726. The first-order valence-corrected chi connectivity index (χ1v) is 7.27. The molecular formula is C16H17F3N2O4. The van der Waals surface area contributed by atoms with Gasteiger partial charge in [-0.15, -0.1) is 0 Å². The van der Waals surface area contributed by atoms with Crippen LogP contribution in [0.1, 0.15) is 35.1 Å². The molecule has 6 nitrogen and oxygen atoms in total. The standard InChI is InChI=1S/C14H16N2O2.C2HF3O2/c1-2-4-13-15-7-8-16(13)10-11-5-3-6-12(9-11)14(17)18;3-2(4,5)1(6)7/h3,5-9H,2,4,10H2,1H3,(H,17,18);(H,6,7). The van der Waals surface area contributed by atoms with Crippen LogP contribution in [0.15, 0.2) is 36.7 Å². The van der Waals surface area contributed by atoms with Gasteiger partial charge in [0.25, 0.3) is 0 Å². The van der Waals surface area contributed by atoms with Crippen molar-refractivity contribution in [3.63, 3.8) is 0 Å². The number of carbonyl (C=O) groups is 2. The topological polar surface area (TPSA) is 92.4 Å². The molecule has 2 aromatic rings. The first-order chi connectivity index (χ1) is 11.6. The van der Waals surface area contributed by atoms with E-state index >= 15 is 0 Å². The number of carboxylic acids is 2. The number of rotatable bonds is 5. The number of aromatic carboxylic acids is 1. The number of nitrogens with zero attached hydrogens (tertiary/aromatic N) is 2. The quantitative estimate of drug-likeness (QED) is 0.856. The van der Waals surface area contributed by atoms with Gasteiger partial charge >= 0.3 is 18.1 Å². The summed E-state index contributed by atoms with van der Waals surface area (Å²) in [6.07, 6.45) is 0.613. The molecule has 0 unspecified atom stereocenters. The average molecular weight is 358 g/mol. The molecule has 0 spiro atoms. The molecule has 0 fully saturated rings. The maximum Gasteiger partial charge on any atom is 0.490 e. The van der Waals surface area contributed by atoms with Crippen molar-refractivity contribution in [2.45, 2.75) is 32.5 Å². The minimum atomic E-state index is -5.08. The normalized spacial score (nSPS) is 10.7. The summed E-state index contributed by atoms with van der Waals surface area (Å²) in [4.78, 5) is 24.1. The fourth-order valence-corrected chi connectivity index (χ4v) is 1.94. The van der Waals surface area contributed by atoms with E-state index in [-0.39, 0.29) is 0 Å². The Labute approximate surface area is 141 Å². The minimum absolute atomic E-state index is 0.324. The zero-order chi connectivity index (χ0) is 19.0.